The molecule has 1 aromatic heterocycles. The first-order chi connectivity index (χ1) is 12.4. The Morgan fingerprint density at radius 3 is 2.62 bits per heavy atom. The van der Waals surface area contributed by atoms with Gasteiger partial charge in [-0.25, -0.2) is 13.2 Å². The number of amides is 1. The lowest BCUT2D eigenvalue weighted by atomic mass is 9.97. The molecule has 7 heteroatoms. The lowest BCUT2D eigenvalue weighted by molar-refractivity contribution is 0.0882. The average molecular weight is 365 g/mol. The zero-order chi connectivity index (χ0) is 18.4. The number of carbonyl (C=O) groups is 1. The number of alkyl halides is 2. The Kier molecular flexibility index (Phi) is 4.42. The van der Waals surface area contributed by atoms with Crippen LogP contribution in [0, 0.1) is 5.82 Å². The SMILES string of the molecule is CN1[C@@H]2CC[C@H]1C[C@H](NC(=O)c1cn(CC(F)F)c3ccc(F)cc13)C2. The van der Waals surface area contributed by atoms with E-state index in [9.17, 15) is 18.0 Å². The number of fused-ring (bicyclic) bond motifs is 3. The summed E-state index contributed by atoms with van der Waals surface area (Å²) in [5, 5.41) is 3.42. The minimum Gasteiger partial charge on any atom is -0.349 e. The van der Waals surface area contributed by atoms with Crippen LogP contribution in [0.2, 0.25) is 0 Å². The molecule has 1 N–H and O–H groups in total. The summed E-state index contributed by atoms with van der Waals surface area (Å²) in [6.45, 7) is -0.520. The van der Waals surface area contributed by atoms with Crippen molar-refractivity contribution in [1.82, 2.24) is 14.8 Å². The standard InChI is InChI=1S/C19H22F3N3O/c1-24-13-3-4-14(24)8-12(7-13)23-19(26)16-9-25(10-18(21)22)17-5-2-11(20)6-15(16)17/h2,5-6,9,12-14,18H,3-4,7-8,10H2,1H3,(H,23,26)/t12-,13-,14+. The van der Waals surface area contributed by atoms with Gasteiger partial charge in [-0.05, 0) is 50.9 Å². The normalized spacial score (nSPS) is 26.0. The van der Waals surface area contributed by atoms with E-state index in [0.717, 1.165) is 25.7 Å². The molecule has 2 aliphatic heterocycles. The molecule has 1 aromatic carbocycles. The molecule has 3 atom stereocenters. The second-order valence-corrected chi connectivity index (χ2v) is 7.44. The molecule has 3 heterocycles. The molecule has 2 fully saturated rings. The van der Waals surface area contributed by atoms with Crippen molar-refractivity contribution in [3.8, 4) is 0 Å². The first kappa shape index (κ1) is 17.4. The first-order valence-corrected chi connectivity index (χ1v) is 9.01. The lowest BCUT2D eigenvalue weighted by Crippen LogP contribution is -2.48. The highest BCUT2D eigenvalue weighted by Gasteiger charge is 2.39. The van der Waals surface area contributed by atoms with E-state index in [1.807, 2.05) is 0 Å². The number of nitrogens with one attached hydrogen (secondary N) is 1. The lowest BCUT2D eigenvalue weighted by Gasteiger charge is -2.36. The molecule has 0 unspecified atom stereocenters. The van der Waals surface area contributed by atoms with Crippen LogP contribution < -0.4 is 5.32 Å². The minimum absolute atomic E-state index is 0.0678. The monoisotopic (exact) mass is 365 g/mol. The highest BCUT2D eigenvalue weighted by atomic mass is 19.3. The first-order valence-electron chi connectivity index (χ1n) is 9.01. The van der Waals surface area contributed by atoms with Gasteiger partial charge in [-0.2, -0.15) is 0 Å². The molecule has 2 aliphatic rings. The Morgan fingerprint density at radius 1 is 1.27 bits per heavy atom. The molecule has 2 aromatic rings. The van der Waals surface area contributed by atoms with Crippen LogP contribution in [-0.2, 0) is 6.54 Å². The molecular formula is C19H22F3N3O. The number of halogens is 3. The molecule has 2 bridgehead atoms. The highest BCUT2D eigenvalue weighted by molar-refractivity contribution is 6.07. The molecule has 0 saturated carbocycles. The Hall–Kier alpha value is -2.02. The van der Waals surface area contributed by atoms with Crippen LogP contribution in [0.25, 0.3) is 10.9 Å². The third-order valence-corrected chi connectivity index (χ3v) is 5.86. The smallest absolute Gasteiger partial charge is 0.256 e. The van der Waals surface area contributed by atoms with Crippen LogP contribution in [0.4, 0.5) is 13.2 Å². The van der Waals surface area contributed by atoms with Gasteiger partial charge < -0.3 is 14.8 Å². The Morgan fingerprint density at radius 2 is 1.96 bits per heavy atom. The molecule has 26 heavy (non-hydrogen) atoms. The van der Waals surface area contributed by atoms with E-state index in [2.05, 4.69) is 17.3 Å². The third-order valence-electron chi connectivity index (χ3n) is 5.86. The van der Waals surface area contributed by atoms with Gasteiger partial charge in [0.2, 0.25) is 0 Å². The summed E-state index contributed by atoms with van der Waals surface area (Å²) in [4.78, 5) is 15.2. The topological polar surface area (TPSA) is 37.3 Å². The number of benzene rings is 1. The molecule has 0 spiro atoms. The molecule has 4 rings (SSSR count). The van der Waals surface area contributed by atoms with Crippen molar-refractivity contribution < 1.29 is 18.0 Å². The predicted molar refractivity (Wildman–Crippen MR) is 93.0 cm³/mol. The number of hydrogen-bond acceptors (Lipinski definition) is 2. The van der Waals surface area contributed by atoms with Crippen molar-refractivity contribution in [2.24, 2.45) is 0 Å². The molecule has 1 amide bonds. The summed E-state index contributed by atoms with van der Waals surface area (Å²) in [6, 6.07) is 4.94. The van der Waals surface area contributed by atoms with Crippen LogP contribution in [0.3, 0.4) is 0 Å². The van der Waals surface area contributed by atoms with E-state index < -0.39 is 18.8 Å². The largest absolute Gasteiger partial charge is 0.349 e. The van der Waals surface area contributed by atoms with Gasteiger partial charge in [0.15, 0.2) is 0 Å². The van der Waals surface area contributed by atoms with Crippen LogP contribution in [0.1, 0.15) is 36.0 Å². The van der Waals surface area contributed by atoms with Gasteiger partial charge in [0.25, 0.3) is 12.3 Å². The van der Waals surface area contributed by atoms with E-state index in [1.54, 1.807) is 0 Å². The van der Waals surface area contributed by atoms with E-state index in [1.165, 1.54) is 29.0 Å². The molecular weight excluding hydrogens is 343 g/mol. The maximum absolute atomic E-state index is 13.7. The number of aromatic nitrogens is 1. The Labute approximate surface area is 150 Å². The van der Waals surface area contributed by atoms with Gasteiger partial charge in [0.1, 0.15) is 5.82 Å². The maximum atomic E-state index is 13.7. The molecule has 0 radical (unpaired) electrons. The summed E-state index contributed by atoms with van der Waals surface area (Å²) in [6.07, 6.45) is 2.94. The third kappa shape index (κ3) is 3.09. The van der Waals surface area contributed by atoms with Crippen LogP contribution >= 0.6 is 0 Å². The second-order valence-electron chi connectivity index (χ2n) is 7.44. The fraction of sp³-hybridized carbons (Fsp3) is 0.526. The molecule has 4 nitrogen and oxygen atoms in total. The number of nitrogens with zero attached hydrogens (tertiary/aromatic N) is 2. The van der Waals surface area contributed by atoms with Gasteiger partial charge in [0.05, 0.1) is 12.1 Å². The van der Waals surface area contributed by atoms with Gasteiger partial charge in [-0.15, -0.1) is 0 Å². The molecule has 2 saturated heterocycles. The summed E-state index contributed by atoms with van der Waals surface area (Å²) in [5.74, 6) is -0.804. The van der Waals surface area contributed by atoms with Crippen LogP contribution in [0.5, 0.6) is 0 Å². The number of rotatable bonds is 4. The van der Waals surface area contributed by atoms with Crippen molar-refractivity contribution in [1.29, 1.82) is 0 Å². The van der Waals surface area contributed by atoms with Gasteiger partial charge in [-0.1, -0.05) is 0 Å². The minimum atomic E-state index is -2.55. The quantitative estimate of drug-likeness (QED) is 0.902. The van der Waals surface area contributed by atoms with E-state index in [4.69, 9.17) is 0 Å². The summed E-state index contributed by atoms with van der Waals surface area (Å²) in [7, 11) is 2.13. The van der Waals surface area contributed by atoms with Gasteiger partial charge in [-0.3, -0.25) is 4.79 Å². The number of carbonyl (C=O) groups excluding carboxylic acids is 1. The Balaban J connectivity index is 1.59. The number of hydrogen-bond donors (Lipinski definition) is 1. The second kappa shape index (κ2) is 6.61. The van der Waals surface area contributed by atoms with Crippen molar-refractivity contribution in [3.63, 3.8) is 0 Å². The highest BCUT2D eigenvalue weighted by Crippen LogP contribution is 2.34. The zero-order valence-corrected chi connectivity index (χ0v) is 14.6. The van der Waals surface area contributed by atoms with E-state index in [-0.39, 0.29) is 17.5 Å². The van der Waals surface area contributed by atoms with Crippen molar-refractivity contribution in [3.05, 3.63) is 35.8 Å². The van der Waals surface area contributed by atoms with E-state index in [0.29, 0.717) is 23.0 Å². The van der Waals surface area contributed by atoms with Crippen molar-refractivity contribution in [2.45, 2.75) is 56.8 Å². The van der Waals surface area contributed by atoms with Crippen LogP contribution in [0.15, 0.2) is 24.4 Å². The summed E-state index contributed by atoms with van der Waals surface area (Å²) in [5.41, 5.74) is 0.701. The fourth-order valence-electron chi connectivity index (χ4n) is 4.54. The summed E-state index contributed by atoms with van der Waals surface area (Å²) >= 11 is 0. The average Bonchev–Trinajstić information content (AvgIpc) is 3.00. The van der Waals surface area contributed by atoms with E-state index >= 15 is 0 Å². The molecule has 0 aliphatic carbocycles. The van der Waals surface area contributed by atoms with Crippen LogP contribution in [-0.4, -0.2) is 47.0 Å². The van der Waals surface area contributed by atoms with Gasteiger partial charge in [0, 0.05) is 35.2 Å². The maximum Gasteiger partial charge on any atom is 0.256 e. The Bertz CT molecular complexity index is 821. The number of piperidine rings is 1. The van der Waals surface area contributed by atoms with Gasteiger partial charge >= 0.3 is 0 Å². The predicted octanol–water partition coefficient (Wildman–Crippen LogP) is 3.40. The summed E-state index contributed by atoms with van der Waals surface area (Å²) < 4.78 is 40.7. The molecule has 140 valence electrons. The zero-order valence-electron chi connectivity index (χ0n) is 14.6. The fourth-order valence-corrected chi connectivity index (χ4v) is 4.54. The van der Waals surface area contributed by atoms with Crippen molar-refractivity contribution in [2.75, 3.05) is 7.05 Å². The van der Waals surface area contributed by atoms with Crippen molar-refractivity contribution >= 4 is 16.8 Å².